The molecule has 0 spiro atoms. The van der Waals surface area contributed by atoms with Crippen molar-refractivity contribution in [2.24, 2.45) is 0 Å². The third kappa shape index (κ3) is 4.50. The number of nitrogens with one attached hydrogen (secondary N) is 1. The van der Waals surface area contributed by atoms with E-state index in [-0.39, 0.29) is 11.7 Å². The summed E-state index contributed by atoms with van der Waals surface area (Å²) in [5, 5.41) is 2.59. The molecule has 7 heteroatoms. The lowest BCUT2D eigenvalue weighted by molar-refractivity contribution is -0.113. The van der Waals surface area contributed by atoms with Crippen LogP contribution in [0, 0.1) is 17.5 Å². The van der Waals surface area contributed by atoms with Gasteiger partial charge in [-0.1, -0.05) is 0 Å². The van der Waals surface area contributed by atoms with Crippen LogP contribution in [0.15, 0.2) is 45.8 Å². The standard InChI is InChI=1S/C14H9BrF3NOS/c15-10-5-8(16)1-4-13(10)19-14(20)7-21-9-2-3-11(17)12(18)6-9/h1-6H,7H2,(H,19,20). The van der Waals surface area contributed by atoms with Crippen LogP contribution < -0.4 is 5.32 Å². The van der Waals surface area contributed by atoms with Crippen molar-refractivity contribution in [2.75, 3.05) is 11.1 Å². The van der Waals surface area contributed by atoms with E-state index in [1.807, 2.05) is 0 Å². The van der Waals surface area contributed by atoms with E-state index < -0.39 is 17.5 Å². The summed E-state index contributed by atoms with van der Waals surface area (Å²) >= 11 is 4.21. The third-order valence-corrected chi connectivity index (χ3v) is 4.12. The Balaban J connectivity index is 1.94. The molecule has 2 aromatic rings. The Labute approximate surface area is 131 Å². The number of benzene rings is 2. The minimum atomic E-state index is -0.957. The van der Waals surface area contributed by atoms with Crippen LogP contribution in [0.25, 0.3) is 0 Å². The Kier molecular flexibility index (Phi) is 5.30. The minimum Gasteiger partial charge on any atom is -0.324 e. The van der Waals surface area contributed by atoms with Gasteiger partial charge in [-0.05, 0) is 52.3 Å². The fourth-order valence-electron chi connectivity index (χ4n) is 1.49. The summed E-state index contributed by atoms with van der Waals surface area (Å²) in [6.07, 6.45) is 0. The molecule has 0 aliphatic rings. The quantitative estimate of drug-likeness (QED) is 0.791. The Morgan fingerprint density at radius 1 is 1.10 bits per heavy atom. The smallest absolute Gasteiger partial charge is 0.234 e. The van der Waals surface area contributed by atoms with Crippen molar-refractivity contribution in [3.8, 4) is 0 Å². The number of thioether (sulfide) groups is 1. The van der Waals surface area contributed by atoms with E-state index >= 15 is 0 Å². The van der Waals surface area contributed by atoms with E-state index in [1.54, 1.807) is 0 Å². The van der Waals surface area contributed by atoms with Gasteiger partial charge in [0, 0.05) is 9.37 Å². The molecule has 0 unspecified atom stereocenters. The maximum Gasteiger partial charge on any atom is 0.234 e. The molecule has 0 bridgehead atoms. The molecule has 0 aliphatic carbocycles. The summed E-state index contributed by atoms with van der Waals surface area (Å²) in [5.74, 6) is -2.62. The Hall–Kier alpha value is -1.47. The van der Waals surface area contributed by atoms with Crippen molar-refractivity contribution in [1.82, 2.24) is 0 Å². The van der Waals surface area contributed by atoms with Gasteiger partial charge < -0.3 is 5.32 Å². The highest BCUT2D eigenvalue weighted by atomic mass is 79.9. The number of carbonyl (C=O) groups is 1. The van der Waals surface area contributed by atoms with Gasteiger partial charge in [-0.15, -0.1) is 11.8 Å². The Bertz CT molecular complexity index is 681. The summed E-state index contributed by atoms with van der Waals surface area (Å²) in [7, 11) is 0. The topological polar surface area (TPSA) is 29.1 Å². The zero-order valence-corrected chi connectivity index (χ0v) is 12.9. The van der Waals surface area contributed by atoms with Gasteiger partial charge >= 0.3 is 0 Å². The molecule has 0 fully saturated rings. The maximum absolute atomic E-state index is 13.0. The molecule has 1 amide bonds. The molecule has 110 valence electrons. The Morgan fingerprint density at radius 2 is 1.86 bits per heavy atom. The van der Waals surface area contributed by atoms with Crippen molar-refractivity contribution < 1.29 is 18.0 Å². The van der Waals surface area contributed by atoms with Crippen LogP contribution in [0.1, 0.15) is 0 Å². The van der Waals surface area contributed by atoms with E-state index in [0.717, 1.165) is 23.9 Å². The molecule has 0 saturated carbocycles. The summed E-state index contributed by atoms with van der Waals surface area (Å²) in [6, 6.07) is 7.32. The van der Waals surface area contributed by atoms with E-state index in [1.165, 1.54) is 24.3 Å². The summed E-state index contributed by atoms with van der Waals surface area (Å²) < 4.78 is 39.1. The average Bonchev–Trinajstić information content (AvgIpc) is 2.43. The molecular weight excluding hydrogens is 367 g/mol. The zero-order chi connectivity index (χ0) is 15.4. The molecule has 2 rings (SSSR count). The van der Waals surface area contributed by atoms with Crippen LogP contribution >= 0.6 is 27.7 Å². The number of hydrogen-bond acceptors (Lipinski definition) is 2. The van der Waals surface area contributed by atoms with Crippen molar-refractivity contribution in [3.05, 3.63) is 58.3 Å². The second-order valence-electron chi connectivity index (χ2n) is 4.04. The molecule has 0 atom stereocenters. The normalized spacial score (nSPS) is 10.5. The number of carbonyl (C=O) groups excluding carboxylic acids is 1. The molecule has 0 aliphatic heterocycles. The third-order valence-electron chi connectivity index (χ3n) is 2.47. The predicted octanol–water partition coefficient (Wildman–Crippen LogP) is 4.60. The molecule has 21 heavy (non-hydrogen) atoms. The molecule has 0 aromatic heterocycles. The SMILES string of the molecule is O=C(CSc1ccc(F)c(F)c1)Nc1ccc(F)cc1Br. The van der Waals surface area contributed by atoms with Gasteiger partial charge in [0.15, 0.2) is 11.6 Å². The number of halogens is 4. The zero-order valence-electron chi connectivity index (χ0n) is 10.5. The highest BCUT2D eigenvalue weighted by molar-refractivity contribution is 9.10. The lowest BCUT2D eigenvalue weighted by Gasteiger charge is -2.07. The van der Waals surface area contributed by atoms with Crippen LogP contribution in [-0.2, 0) is 4.79 Å². The van der Waals surface area contributed by atoms with Gasteiger partial charge in [-0.3, -0.25) is 4.79 Å². The minimum absolute atomic E-state index is 0.0227. The number of amides is 1. The first-order valence-corrected chi connectivity index (χ1v) is 7.56. The van der Waals surface area contributed by atoms with Gasteiger partial charge in [-0.25, -0.2) is 13.2 Å². The van der Waals surface area contributed by atoms with Crippen LogP contribution in [0.3, 0.4) is 0 Å². The fourth-order valence-corrected chi connectivity index (χ4v) is 2.66. The summed E-state index contributed by atoms with van der Waals surface area (Å²) in [6.45, 7) is 0. The van der Waals surface area contributed by atoms with Crippen molar-refractivity contribution in [2.45, 2.75) is 4.90 Å². The van der Waals surface area contributed by atoms with Gasteiger partial charge in [0.2, 0.25) is 5.91 Å². The Morgan fingerprint density at radius 3 is 2.52 bits per heavy atom. The first-order chi connectivity index (χ1) is 9.95. The average molecular weight is 376 g/mol. The molecule has 2 aromatic carbocycles. The van der Waals surface area contributed by atoms with Crippen molar-refractivity contribution in [3.63, 3.8) is 0 Å². The largest absolute Gasteiger partial charge is 0.324 e. The van der Waals surface area contributed by atoms with Crippen LogP contribution in [-0.4, -0.2) is 11.7 Å². The molecule has 2 nitrogen and oxygen atoms in total. The fraction of sp³-hybridized carbons (Fsp3) is 0.0714. The second-order valence-corrected chi connectivity index (χ2v) is 5.94. The van der Waals surface area contributed by atoms with Gasteiger partial charge in [-0.2, -0.15) is 0 Å². The second kappa shape index (κ2) is 7.00. The summed E-state index contributed by atoms with van der Waals surface area (Å²) in [5.41, 5.74) is 0.437. The highest BCUT2D eigenvalue weighted by Gasteiger charge is 2.08. The molecule has 0 radical (unpaired) electrons. The lowest BCUT2D eigenvalue weighted by atomic mass is 10.3. The number of anilines is 1. The molecule has 1 N–H and O–H groups in total. The van der Waals surface area contributed by atoms with E-state index in [4.69, 9.17) is 0 Å². The van der Waals surface area contributed by atoms with Crippen LogP contribution in [0.5, 0.6) is 0 Å². The van der Waals surface area contributed by atoms with E-state index in [2.05, 4.69) is 21.2 Å². The van der Waals surface area contributed by atoms with Gasteiger partial charge in [0.05, 0.1) is 11.4 Å². The van der Waals surface area contributed by atoms with Crippen LogP contribution in [0.4, 0.5) is 18.9 Å². The van der Waals surface area contributed by atoms with Crippen molar-refractivity contribution in [1.29, 1.82) is 0 Å². The predicted molar refractivity (Wildman–Crippen MR) is 79.8 cm³/mol. The van der Waals surface area contributed by atoms with E-state index in [9.17, 15) is 18.0 Å². The van der Waals surface area contributed by atoms with E-state index in [0.29, 0.717) is 15.1 Å². The van der Waals surface area contributed by atoms with Gasteiger partial charge in [0.25, 0.3) is 0 Å². The lowest BCUT2D eigenvalue weighted by Crippen LogP contribution is -2.14. The number of hydrogen-bond donors (Lipinski definition) is 1. The first-order valence-electron chi connectivity index (χ1n) is 5.78. The highest BCUT2D eigenvalue weighted by Crippen LogP contribution is 2.24. The molecule has 0 saturated heterocycles. The maximum atomic E-state index is 13.0. The number of rotatable bonds is 4. The summed E-state index contributed by atoms with van der Waals surface area (Å²) in [4.78, 5) is 12.2. The van der Waals surface area contributed by atoms with Crippen LogP contribution in [0.2, 0.25) is 0 Å². The molecule has 0 heterocycles. The first kappa shape index (κ1) is 15.9. The molecular formula is C14H9BrF3NOS. The van der Waals surface area contributed by atoms with Gasteiger partial charge in [0.1, 0.15) is 5.82 Å². The van der Waals surface area contributed by atoms with Crippen molar-refractivity contribution >= 4 is 39.3 Å². The monoisotopic (exact) mass is 375 g/mol.